The number of carbonyl (C=O) groups excluding carboxylic acids is 2. The van der Waals surface area contributed by atoms with Gasteiger partial charge in [0.05, 0.1) is 24.7 Å². The molecule has 4 unspecified atom stereocenters. The Morgan fingerprint density at radius 2 is 1.81 bits per heavy atom. The van der Waals surface area contributed by atoms with Crippen LogP contribution >= 0.6 is 0 Å². The fourth-order valence-corrected chi connectivity index (χ4v) is 6.47. The predicted octanol–water partition coefficient (Wildman–Crippen LogP) is 3.43. The SMILES string of the molecule is O=C(c1ccc(N2CCC(C(=O)N3CC4CC3CO4)C2)cc1)N1CCCC2CCCC=C21. The van der Waals surface area contributed by atoms with E-state index >= 15 is 0 Å². The average Bonchev–Trinajstić information content (AvgIpc) is 3.60. The summed E-state index contributed by atoms with van der Waals surface area (Å²) >= 11 is 0. The molecule has 2 bridgehead atoms. The molecule has 1 aromatic rings. The molecule has 6 nitrogen and oxygen atoms in total. The van der Waals surface area contributed by atoms with Crippen molar-refractivity contribution in [3.05, 3.63) is 41.6 Å². The van der Waals surface area contributed by atoms with Gasteiger partial charge >= 0.3 is 0 Å². The Labute approximate surface area is 190 Å². The third-order valence-corrected chi connectivity index (χ3v) is 8.22. The van der Waals surface area contributed by atoms with E-state index in [2.05, 4.69) is 28.0 Å². The Morgan fingerprint density at radius 1 is 0.969 bits per heavy atom. The van der Waals surface area contributed by atoms with Crippen LogP contribution in [0.4, 0.5) is 5.69 Å². The van der Waals surface area contributed by atoms with Crippen molar-refractivity contribution >= 4 is 17.5 Å². The zero-order chi connectivity index (χ0) is 21.7. The lowest BCUT2D eigenvalue weighted by Gasteiger charge is -2.38. The minimum Gasteiger partial charge on any atom is -0.374 e. The standard InChI is InChI=1S/C26H33N3O3/c30-25(28-12-3-5-18-4-1-2-6-24(18)28)19-7-9-21(10-8-19)27-13-11-20(15-27)26(31)29-16-23-14-22(29)17-32-23/h6-10,18,20,22-23H,1-5,11-17H2. The van der Waals surface area contributed by atoms with Crippen LogP contribution in [0.1, 0.15) is 55.3 Å². The van der Waals surface area contributed by atoms with Crippen molar-refractivity contribution in [2.75, 3.05) is 37.7 Å². The molecule has 1 aliphatic carbocycles. The summed E-state index contributed by atoms with van der Waals surface area (Å²) in [6, 6.07) is 8.35. The number of fused-ring (bicyclic) bond motifs is 3. The molecule has 4 saturated heterocycles. The van der Waals surface area contributed by atoms with Crippen LogP contribution in [0.3, 0.4) is 0 Å². The summed E-state index contributed by atoms with van der Waals surface area (Å²) in [4.78, 5) is 32.7. The van der Waals surface area contributed by atoms with Gasteiger partial charge in [0.1, 0.15) is 0 Å². The third kappa shape index (κ3) is 3.53. The van der Waals surface area contributed by atoms with Crippen molar-refractivity contribution in [1.29, 1.82) is 0 Å². The maximum Gasteiger partial charge on any atom is 0.258 e. The van der Waals surface area contributed by atoms with Gasteiger partial charge in [0.25, 0.3) is 5.91 Å². The van der Waals surface area contributed by atoms with Crippen molar-refractivity contribution in [1.82, 2.24) is 9.80 Å². The second-order valence-corrected chi connectivity index (χ2v) is 10.2. The molecule has 32 heavy (non-hydrogen) atoms. The van der Waals surface area contributed by atoms with Crippen molar-refractivity contribution in [2.24, 2.45) is 11.8 Å². The van der Waals surface area contributed by atoms with Crippen LogP contribution in [0.25, 0.3) is 0 Å². The van der Waals surface area contributed by atoms with Gasteiger partial charge in [-0.05, 0) is 75.1 Å². The van der Waals surface area contributed by atoms with Gasteiger partial charge in [-0.2, -0.15) is 0 Å². The Hall–Kier alpha value is -2.34. The van der Waals surface area contributed by atoms with Crippen LogP contribution in [0.15, 0.2) is 36.0 Å². The fraction of sp³-hybridized carbons (Fsp3) is 0.615. The number of piperidine rings is 1. The Balaban J connectivity index is 1.10. The number of hydrogen-bond donors (Lipinski definition) is 0. The van der Waals surface area contributed by atoms with Crippen LogP contribution in [0.5, 0.6) is 0 Å². The van der Waals surface area contributed by atoms with E-state index in [1.807, 2.05) is 17.0 Å². The lowest BCUT2D eigenvalue weighted by atomic mass is 9.84. The lowest BCUT2D eigenvalue weighted by Crippen LogP contribution is -2.45. The van der Waals surface area contributed by atoms with E-state index in [0.717, 1.165) is 63.1 Å². The van der Waals surface area contributed by atoms with Crippen LogP contribution in [-0.2, 0) is 9.53 Å². The van der Waals surface area contributed by atoms with Gasteiger partial charge in [-0.1, -0.05) is 6.08 Å². The third-order valence-electron chi connectivity index (χ3n) is 8.22. The molecule has 0 radical (unpaired) electrons. The van der Waals surface area contributed by atoms with Crippen molar-refractivity contribution in [2.45, 2.75) is 57.1 Å². The largest absolute Gasteiger partial charge is 0.374 e. The summed E-state index contributed by atoms with van der Waals surface area (Å²) in [6.45, 7) is 3.97. The molecule has 170 valence electrons. The first-order chi connectivity index (χ1) is 15.7. The van der Waals surface area contributed by atoms with Gasteiger partial charge in [-0.25, -0.2) is 0 Å². The van der Waals surface area contributed by atoms with Crippen LogP contribution < -0.4 is 4.90 Å². The molecule has 0 aromatic heterocycles. The Bertz CT molecular complexity index is 927. The van der Waals surface area contributed by atoms with Gasteiger partial charge in [0, 0.05) is 43.1 Å². The summed E-state index contributed by atoms with van der Waals surface area (Å²) in [5.74, 6) is 1.07. The van der Waals surface area contributed by atoms with Crippen molar-refractivity contribution in [3.8, 4) is 0 Å². The highest BCUT2D eigenvalue weighted by Gasteiger charge is 2.44. The molecule has 4 fully saturated rings. The van der Waals surface area contributed by atoms with E-state index in [1.165, 1.54) is 25.0 Å². The summed E-state index contributed by atoms with van der Waals surface area (Å²) < 4.78 is 5.65. The molecular weight excluding hydrogens is 402 g/mol. The molecule has 0 saturated carbocycles. The van der Waals surface area contributed by atoms with Gasteiger partial charge in [0.15, 0.2) is 0 Å². The van der Waals surface area contributed by atoms with E-state index in [9.17, 15) is 9.59 Å². The number of amides is 2. The number of carbonyl (C=O) groups is 2. The number of ether oxygens (including phenoxy) is 1. The average molecular weight is 436 g/mol. The molecule has 2 amide bonds. The van der Waals surface area contributed by atoms with E-state index in [0.29, 0.717) is 24.5 Å². The van der Waals surface area contributed by atoms with Crippen molar-refractivity contribution < 1.29 is 14.3 Å². The number of benzene rings is 1. The summed E-state index contributed by atoms with van der Waals surface area (Å²) in [7, 11) is 0. The number of allylic oxidation sites excluding steroid dienone is 2. The second-order valence-electron chi connectivity index (χ2n) is 10.2. The molecule has 6 heteroatoms. The van der Waals surface area contributed by atoms with Crippen LogP contribution in [0, 0.1) is 11.8 Å². The van der Waals surface area contributed by atoms with Gasteiger partial charge in [-0.15, -0.1) is 0 Å². The molecule has 1 aromatic carbocycles. The first-order valence-corrected chi connectivity index (χ1v) is 12.5. The number of hydrogen-bond acceptors (Lipinski definition) is 4. The fourth-order valence-electron chi connectivity index (χ4n) is 6.47. The van der Waals surface area contributed by atoms with E-state index in [4.69, 9.17) is 4.74 Å². The first kappa shape index (κ1) is 20.3. The quantitative estimate of drug-likeness (QED) is 0.730. The van der Waals surface area contributed by atoms with E-state index in [1.54, 1.807) is 0 Å². The minimum absolute atomic E-state index is 0.0687. The maximum atomic E-state index is 13.2. The van der Waals surface area contributed by atoms with Crippen LogP contribution in [0.2, 0.25) is 0 Å². The number of likely N-dealkylation sites (tertiary alicyclic amines) is 2. The molecule has 0 N–H and O–H groups in total. The minimum atomic E-state index is 0.0687. The highest BCUT2D eigenvalue weighted by atomic mass is 16.5. The zero-order valence-corrected chi connectivity index (χ0v) is 18.7. The number of rotatable bonds is 3. The zero-order valence-electron chi connectivity index (χ0n) is 18.7. The predicted molar refractivity (Wildman–Crippen MR) is 122 cm³/mol. The summed E-state index contributed by atoms with van der Waals surface area (Å²) in [6.07, 6.45) is 10.3. The molecule has 4 heterocycles. The molecular formula is C26H33N3O3. The molecule has 5 aliphatic rings. The summed E-state index contributed by atoms with van der Waals surface area (Å²) in [5.41, 5.74) is 3.14. The molecule has 4 aliphatic heterocycles. The van der Waals surface area contributed by atoms with Gasteiger partial charge < -0.3 is 19.4 Å². The number of morpholine rings is 1. The van der Waals surface area contributed by atoms with Gasteiger partial charge in [-0.3, -0.25) is 9.59 Å². The molecule has 4 atom stereocenters. The lowest BCUT2D eigenvalue weighted by molar-refractivity contribution is -0.139. The molecule has 6 rings (SSSR count). The van der Waals surface area contributed by atoms with Crippen molar-refractivity contribution in [3.63, 3.8) is 0 Å². The normalized spacial score (nSPS) is 31.6. The first-order valence-electron chi connectivity index (χ1n) is 12.5. The molecule has 0 spiro atoms. The highest BCUT2D eigenvalue weighted by Crippen LogP contribution is 2.36. The second kappa shape index (κ2) is 8.22. The number of anilines is 1. The monoisotopic (exact) mass is 435 g/mol. The summed E-state index contributed by atoms with van der Waals surface area (Å²) in [5, 5.41) is 0. The topological polar surface area (TPSA) is 53.1 Å². The van der Waals surface area contributed by atoms with Gasteiger partial charge in [0.2, 0.25) is 5.91 Å². The Kier molecular flexibility index (Phi) is 5.21. The van der Waals surface area contributed by atoms with Crippen LogP contribution in [-0.4, -0.2) is 66.5 Å². The number of nitrogens with zero attached hydrogens (tertiary/aromatic N) is 3. The Morgan fingerprint density at radius 3 is 2.59 bits per heavy atom. The maximum absolute atomic E-state index is 13.2. The highest BCUT2D eigenvalue weighted by molar-refractivity contribution is 5.96. The van der Waals surface area contributed by atoms with E-state index < -0.39 is 0 Å². The smallest absolute Gasteiger partial charge is 0.258 e. The van der Waals surface area contributed by atoms with E-state index in [-0.39, 0.29) is 17.9 Å².